The highest BCUT2D eigenvalue weighted by Crippen LogP contribution is 2.30. The summed E-state index contributed by atoms with van der Waals surface area (Å²) < 4.78 is 10.6. The third kappa shape index (κ3) is 2.50. The Kier molecular flexibility index (Phi) is 3.30. The van der Waals surface area contributed by atoms with Crippen molar-refractivity contribution in [2.45, 2.75) is 0 Å². The highest BCUT2D eigenvalue weighted by Gasteiger charge is 2.04. The zero-order valence-electron chi connectivity index (χ0n) is 9.75. The number of nitrogens with zero attached hydrogens (tertiary/aromatic N) is 2. The zero-order chi connectivity index (χ0) is 13.0. The smallest absolute Gasteiger partial charge is 0.150 e. The molecule has 2 aromatic rings. The Morgan fingerprint density at radius 1 is 1.22 bits per heavy atom. The molecule has 0 unspecified atom stereocenters. The zero-order valence-corrected chi connectivity index (χ0v) is 9.75. The van der Waals surface area contributed by atoms with E-state index in [1.54, 1.807) is 37.4 Å². The van der Waals surface area contributed by atoms with Crippen LogP contribution in [0.25, 0.3) is 0 Å². The monoisotopic (exact) mass is 241 g/mol. The highest BCUT2D eigenvalue weighted by molar-refractivity contribution is 5.57. The van der Waals surface area contributed by atoms with Gasteiger partial charge in [-0.25, -0.2) is 4.98 Å². The van der Waals surface area contributed by atoms with Crippen molar-refractivity contribution in [3.8, 4) is 23.3 Å². The van der Waals surface area contributed by atoms with Crippen molar-refractivity contribution in [2.75, 3.05) is 12.8 Å². The van der Waals surface area contributed by atoms with Gasteiger partial charge in [0.15, 0.2) is 5.75 Å². The van der Waals surface area contributed by atoms with Crippen LogP contribution in [0.1, 0.15) is 5.69 Å². The van der Waals surface area contributed by atoms with Gasteiger partial charge in [-0.2, -0.15) is 5.26 Å². The quantitative estimate of drug-likeness (QED) is 0.834. The molecule has 1 aromatic carbocycles. The topological polar surface area (TPSA) is 81.2 Å². The van der Waals surface area contributed by atoms with E-state index in [9.17, 15) is 0 Å². The van der Waals surface area contributed by atoms with Crippen LogP contribution in [0.15, 0.2) is 36.5 Å². The van der Waals surface area contributed by atoms with Gasteiger partial charge in [0.1, 0.15) is 23.3 Å². The first-order valence-corrected chi connectivity index (χ1v) is 5.20. The predicted octanol–water partition coefficient (Wildman–Crippen LogP) is 2.34. The van der Waals surface area contributed by atoms with Crippen LogP contribution >= 0.6 is 0 Å². The number of hydrogen-bond donors (Lipinski definition) is 1. The summed E-state index contributed by atoms with van der Waals surface area (Å²) in [6.07, 6.45) is 1.51. The van der Waals surface area contributed by atoms with Gasteiger partial charge >= 0.3 is 0 Å². The molecular formula is C13H11N3O2. The number of ether oxygens (including phenoxy) is 2. The molecule has 5 heteroatoms. The fourth-order valence-electron chi connectivity index (χ4n) is 1.41. The SMILES string of the molecule is COc1ccc(Oc2ccnc(C#N)c2)c(N)c1. The van der Waals surface area contributed by atoms with E-state index in [2.05, 4.69) is 4.98 Å². The van der Waals surface area contributed by atoms with E-state index in [0.717, 1.165) is 0 Å². The van der Waals surface area contributed by atoms with Crippen molar-refractivity contribution < 1.29 is 9.47 Å². The Bertz CT molecular complexity index is 605. The Morgan fingerprint density at radius 2 is 2.06 bits per heavy atom. The third-order valence-corrected chi connectivity index (χ3v) is 2.29. The molecule has 0 atom stereocenters. The van der Waals surface area contributed by atoms with Crippen molar-refractivity contribution in [3.63, 3.8) is 0 Å². The molecule has 0 bridgehead atoms. The summed E-state index contributed by atoms with van der Waals surface area (Å²) in [5.41, 5.74) is 6.58. The molecule has 0 aliphatic rings. The second kappa shape index (κ2) is 5.06. The number of rotatable bonds is 3. The summed E-state index contributed by atoms with van der Waals surface area (Å²) >= 11 is 0. The minimum absolute atomic E-state index is 0.291. The summed E-state index contributed by atoms with van der Waals surface area (Å²) in [4.78, 5) is 3.86. The molecule has 0 saturated heterocycles. The van der Waals surface area contributed by atoms with Gasteiger partial charge in [-0.1, -0.05) is 0 Å². The Hall–Kier alpha value is -2.74. The van der Waals surface area contributed by atoms with Crippen LogP contribution in [0.2, 0.25) is 0 Å². The minimum atomic E-state index is 0.291. The molecule has 2 N–H and O–H groups in total. The molecule has 0 saturated carbocycles. The number of hydrogen-bond acceptors (Lipinski definition) is 5. The molecule has 1 aromatic heterocycles. The third-order valence-electron chi connectivity index (χ3n) is 2.29. The first-order chi connectivity index (χ1) is 8.72. The Balaban J connectivity index is 2.26. The van der Waals surface area contributed by atoms with Crippen LogP contribution in [-0.2, 0) is 0 Å². The van der Waals surface area contributed by atoms with Gasteiger partial charge in [-0.05, 0) is 18.2 Å². The summed E-state index contributed by atoms with van der Waals surface area (Å²) in [5.74, 6) is 1.68. The fraction of sp³-hybridized carbons (Fsp3) is 0.0769. The minimum Gasteiger partial charge on any atom is -0.497 e. The maximum atomic E-state index is 8.74. The lowest BCUT2D eigenvalue weighted by Crippen LogP contribution is -1.94. The molecule has 0 aliphatic carbocycles. The van der Waals surface area contributed by atoms with Crippen molar-refractivity contribution in [3.05, 3.63) is 42.2 Å². The van der Waals surface area contributed by atoms with E-state index >= 15 is 0 Å². The first-order valence-electron chi connectivity index (χ1n) is 5.20. The molecule has 2 rings (SSSR count). The number of aromatic nitrogens is 1. The van der Waals surface area contributed by atoms with Crippen LogP contribution in [0.5, 0.6) is 17.2 Å². The molecule has 1 heterocycles. The fourth-order valence-corrected chi connectivity index (χ4v) is 1.41. The number of benzene rings is 1. The van der Waals surface area contributed by atoms with Gasteiger partial charge in [-0.15, -0.1) is 0 Å². The van der Waals surface area contributed by atoms with Gasteiger partial charge in [-0.3, -0.25) is 0 Å². The number of methoxy groups -OCH3 is 1. The molecule has 0 spiro atoms. The van der Waals surface area contributed by atoms with E-state index in [1.165, 1.54) is 6.20 Å². The number of anilines is 1. The maximum Gasteiger partial charge on any atom is 0.150 e. The lowest BCUT2D eigenvalue weighted by molar-refractivity contribution is 0.413. The normalized spacial score (nSPS) is 9.56. The van der Waals surface area contributed by atoms with Crippen molar-refractivity contribution >= 4 is 5.69 Å². The largest absolute Gasteiger partial charge is 0.497 e. The average molecular weight is 241 g/mol. The van der Waals surface area contributed by atoms with Gasteiger partial charge in [0.05, 0.1) is 12.8 Å². The maximum absolute atomic E-state index is 8.74. The molecule has 5 nitrogen and oxygen atoms in total. The van der Waals surface area contributed by atoms with Crippen molar-refractivity contribution in [1.82, 2.24) is 4.98 Å². The molecule has 18 heavy (non-hydrogen) atoms. The number of nitrogens with two attached hydrogens (primary N) is 1. The average Bonchev–Trinajstić information content (AvgIpc) is 2.41. The first kappa shape index (κ1) is 11.7. The summed E-state index contributed by atoms with van der Waals surface area (Å²) in [5, 5.41) is 8.74. The second-order valence-electron chi connectivity index (χ2n) is 3.49. The number of nitriles is 1. The van der Waals surface area contributed by atoms with Crippen LogP contribution in [0.3, 0.4) is 0 Å². The van der Waals surface area contributed by atoms with Crippen molar-refractivity contribution in [2.24, 2.45) is 0 Å². The molecule has 0 amide bonds. The van der Waals surface area contributed by atoms with Gasteiger partial charge in [0, 0.05) is 18.3 Å². The standard InChI is InChI=1S/C13H11N3O2/c1-17-10-2-3-13(12(15)7-10)18-11-4-5-16-9(6-11)8-14/h2-7H,15H2,1H3. The Labute approximate surface area is 104 Å². The van der Waals surface area contributed by atoms with E-state index < -0.39 is 0 Å². The summed E-state index contributed by atoms with van der Waals surface area (Å²) in [7, 11) is 1.57. The van der Waals surface area contributed by atoms with Gasteiger partial charge < -0.3 is 15.2 Å². The summed E-state index contributed by atoms with van der Waals surface area (Å²) in [6, 6.07) is 10.3. The van der Waals surface area contributed by atoms with E-state index in [1.807, 2.05) is 6.07 Å². The number of pyridine rings is 1. The van der Waals surface area contributed by atoms with Crippen LogP contribution in [-0.4, -0.2) is 12.1 Å². The molecule has 0 radical (unpaired) electrons. The van der Waals surface area contributed by atoms with Gasteiger partial charge in [0.2, 0.25) is 0 Å². The molecule has 90 valence electrons. The second-order valence-corrected chi connectivity index (χ2v) is 3.49. The van der Waals surface area contributed by atoms with E-state index in [4.69, 9.17) is 20.5 Å². The summed E-state index contributed by atoms with van der Waals surface area (Å²) in [6.45, 7) is 0. The molecule has 0 aliphatic heterocycles. The highest BCUT2D eigenvalue weighted by atomic mass is 16.5. The number of nitrogen functional groups attached to an aromatic ring is 1. The van der Waals surface area contributed by atoms with Crippen LogP contribution in [0.4, 0.5) is 5.69 Å². The lowest BCUT2D eigenvalue weighted by Gasteiger charge is -2.09. The van der Waals surface area contributed by atoms with Gasteiger partial charge in [0.25, 0.3) is 0 Å². The van der Waals surface area contributed by atoms with Crippen LogP contribution in [0, 0.1) is 11.3 Å². The Morgan fingerprint density at radius 3 is 2.72 bits per heavy atom. The van der Waals surface area contributed by atoms with E-state index in [0.29, 0.717) is 28.6 Å². The van der Waals surface area contributed by atoms with E-state index in [-0.39, 0.29) is 0 Å². The molecule has 0 fully saturated rings. The van der Waals surface area contributed by atoms with Crippen LogP contribution < -0.4 is 15.2 Å². The lowest BCUT2D eigenvalue weighted by atomic mass is 10.3. The van der Waals surface area contributed by atoms with Crippen molar-refractivity contribution in [1.29, 1.82) is 5.26 Å². The molecular weight excluding hydrogens is 230 g/mol. The predicted molar refractivity (Wildman–Crippen MR) is 66.4 cm³/mol.